The van der Waals surface area contributed by atoms with Crippen LogP contribution in [0.1, 0.15) is 18.5 Å². The second-order valence-electron chi connectivity index (χ2n) is 4.80. The van der Waals surface area contributed by atoms with Gasteiger partial charge in [0.05, 0.1) is 0 Å². The number of nitrogens with one attached hydrogen (secondary N) is 1. The van der Waals surface area contributed by atoms with Crippen molar-refractivity contribution in [2.75, 3.05) is 5.32 Å². The molecule has 0 spiro atoms. The van der Waals surface area contributed by atoms with Crippen LogP contribution in [0.2, 0.25) is 5.15 Å². The monoisotopic (exact) mass is 282 g/mol. The molecule has 0 saturated carbocycles. The number of nitrogens with zero attached hydrogens (tertiary/aromatic N) is 1. The molecule has 1 aromatic heterocycles. The number of aromatic nitrogens is 1. The van der Waals surface area contributed by atoms with E-state index in [1.165, 1.54) is 16.3 Å². The Balaban J connectivity index is 1.94. The third kappa shape index (κ3) is 2.61. The van der Waals surface area contributed by atoms with E-state index >= 15 is 0 Å². The molecule has 1 atom stereocenters. The summed E-state index contributed by atoms with van der Waals surface area (Å²) in [5.41, 5.74) is 2.25. The van der Waals surface area contributed by atoms with Gasteiger partial charge in [-0.3, -0.25) is 0 Å². The van der Waals surface area contributed by atoms with Gasteiger partial charge in [0.2, 0.25) is 0 Å². The second kappa shape index (κ2) is 5.51. The molecule has 1 unspecified atom stereocenters. The summed E-state index contributed by atoms with van der Waals surface area (Å²) >= 11 is 5.92. The molecule has 20 heavy (non-hydrogen) atoms. The molecule has 0 radical (unpaired) electrons. The lowest BCUT2D eigenvalue weighted by molar-refractivity contribution is 0.894. The number of benzene rings is 2. The molecule has 0 amide bonds. The minimum atomic E-state index is 0.194. The van der Waals surface area contributed by atoms with E-state index in [1.54, 1.807) is 6.20 Å². The smallest absolute Gasteiger partial charge is 0.131 e. The van der Waals surface area contributed by atoms with Crippen molar-refractivity contribution in [2.45, 2.75) is 13.0 Å². The standard InChI is InChI=1S/C17H15ClN2/c1-12(20-14-9-10-19-17(18)11-14)15-8-4-6-13-5-2-3-7-16(13)15/h2-12H,1H3,(H,19,20). The predicted molar refractivity (Wildman–Crippen MR) is 85.2 cm³/mol. The molecular weight excluding hydrogens is 268 g/mol. The quantitative estimate of drug-likeness (QED) is 0.679. The fourth-order valence-corrected chi connectivity index (χ4v) is 2.62. The molecule has 0 saturated heterocycles. The maximum atomic E-state index is 5.92. The molecule has 1 N–H and O–H groups in total. The maximum absolute atomic E-state index is 5.92. The highest BCUT2D eigenvalue weighted by atomic mass is 35.5. The molecule has 0 aliphatic rings. The summed E-state index contributed by atoms with van der Waals surface area (Å²) in [6.07, 6.45) is 1.71. The Labute approximate surface area is 123 Å². The first kappa shape index (κ1) is 12.9. The van der Waals surface area contributed by atoms with Crippen molar-refractivity contribution in [2.24, 2.45) is 0 Å². The van der Waals surface area contributed by atoms with Gasteiger partial charge in [0.15, 0.2) is 0 Å². The molecule has 2 aromatic carbocycles. The number of fused-ring (bicyclic) bond motifs is 1. The third-order valence-electron chi connectivity index (χ3n) is 3.40. The highest BCUT2D eigenvalue weighted by Crippen LogP contribution is 2.27. The molecule has 0 aliphatic carbocycles. The van der Waals surface area contributed by atoms with Crippen LogP contribution >= 0.6 is 11.6 Å². The van der Waals surface area contributed by atoms with Crippen LogP contribution in [-0.2, 0) is 0 Å². The van der Waals surface area contributed by atoms with Crippen LogP contribution in [0.3, 0.4) is 0 Å². The van der Waals surface area contributed by atoms with E-state index in [9.17, 15) is 0 Å². The lowest BCUT2D eigenvalue weighted by atomic mass is 9.99. The van der Waals surface area contributed by atoms with Crippen LogP contribution in [0.25, 0.3) is 10.8 Å². The fraction of sp³-hybridized carbons (Fsp3) is 0.118. The summed E-state index contributed by atoms with van der Waals surface area (Å²) in [5, 5.41) is 6.50. The Hall–Kier alpha value is -2.06. The van der Waals surface area contributed by atoms with Gasteiger partial charge in [0.1, 0.15) is 5.15 Å². The first-order chi connectivity index (χ1) is 9.74. The minimum Gasteiger partial charge on any atom is -0.378 e. The molecule has 3 aromatic rings. The molecule has 0 bridgehead atoms. The fourth-order valence-electron chi connectivity index (χ4n) is 2.45. The third-order valence-corrected chi connectivity index (χ3v) is 3.61. The van der Waals surface area contributed by atoms with Crippen molar-refractivity contribution >= 4 is 28.1 Å². The zero-order valence-electron chi connectivity index (χ0n) is 11.2. The molecule has 100 valence electrons. The zero-order valence-corrected chi connectivity index (χ0v) is 11.9. The van der Waals surface area contributed by atoms with Crippen LogP contribution in [-0.4, -0.2) is 4.98 Å². The van der Waals surface area contributed by atoms with Gasteiger partial charge in [0.25, 0.3) is 0 Å². The van der Waals surface area contributed by atoms with Crippen LogP contribution in [0.15, 0.2) is 60.8 Å². The average molecular weight is 283 g/mol. The molecule has 0 aliphatic heterocycles. The van der Waals surface area contributed by atoms with Crippen LogP contribution in [0.5, 0.6) is 0 Å². The van der Waals surface area contributed by atoms with Gasteiger partial charge < -0.3 is 5.32 Å². The van der Waals surface area contributed by atoms with E-state index in [-0.39, 0.29) is 6.04 Å². The van der Waals surface area contributed by atoms with Crippen molar-refractivity contribution in [3.05, 3.63) is 71.5 Å². The molecule has 0 fully saturated rings. The van der Waals surface area contributed by atoms with Gasteiger partial charge in [-0.1, -0.05) is 54.1 Å². The summed E-state index contributed by atoms with van der Waals surface area (Å²) < 4.78 is 0. The molecule has 3 heteroatoms. The lowest BCUT2D eigenvalue weighted by Crippen LogP contribution is -2.07. The first-order valence-electron chi connectivity index (χ1n) is 6.60. The number of anilines is 1. The van der Waals surface area contributed by atoms with Crippen molar-refractivity contribution in [3.63, 3.8) is 0 Å². The number of rotatable bonds is 3. The van der Waals surface area contributed by atoms with Gasteiger partial charge in [-0.05, 0) is 35.4 Å². The number of halogens is 1. The Kier molecular flexibility index (Phi) is 3.57. The lowest BCUT2D eigenvalue weighted by Gasteiger charge is -2.17. The summed E-state index contributed by atoms with van der Waals surface area (Å²) in [4.78, 5) is 4.00. The van der Waals surface area contributed by atoms with Gasteiger partial charge in [-0.25, -0.2) is 4.98 Å². The number of hydrogen-bond donors (Lipinski definition) is 1. The van der Waals surface area contributed by atoms with Gasteiger partial charge in [0, 0.05) is 17.9 Å². The Bertz CT molecular complexity index is 734. The topological polar surface area (TPSA) is 24.9 Å². The molecule has 2 nitrogen and oxygen atoms in total. The maximum Gasteiger partial charge on any atom is 0.131 e. The van der Waals surface area contributed by atoms with E-state index in [4.69, 9.17) is 11.6 Å². The zero-order chi connectivity index (χ0) is 13.9. The highest BCUT2D eigenvalue weighted by Gasteiger charge is 2.09. The Morgan fingerprint density at radius 3 is 2.70 bits per heavy atom. The Morgan fingerprint density at radius 1 is 1.05 bits per heavy atom. The van der Waals surface area contributed by atoms with E-state index in [1.807, 2.05) is 12.1 Å². The van der Waals surface area contributed by atoms with Crippen LogP contribution < -0.4 is 5.32 Å². The largest absolute Gasteiger partial charge is 0.378 e. The Morgan fingerprint density at radius 2 is 1.85 bits per heavy atom. The summed E-state index contributed by atoms with van der Waals surface area (Å²) in [5.74, 6) is 0. The van der Waals surface area contributed by atoms with Gasteiger partial charge >= 0.3 is 0 Å². The van der Waals surface area contributed by atoms with Crippen molar-refractivity contribution in [1.82, 2.24) is 4.98 Å². The SMILES string of the molecule is CC(Nc1ccnc(Cl)c1)c1cccc2ccccc12. The van der Waals surface area contributed by atoms with Gasteiger partial charge in [-0.15, -0.1) is 0 Å². The van der Waals surface area contributed by atoms with Crippen LogP contribution in [0, 0.1) is 0 Å². The van der Waals surface area contributed by atoms with Crippen molar-refractivity contribution in [1.29, 1.82) is 0 Å². The second-order valence-corrected chi connectivity index (χ2v) is 5.19. The summed E-state index contributed by atoms with van der Waals surface area (Å²) in [6.45, 7) is 2.15. The summed E-state index contributed by atoms with van der Waals surface area (Å²) in [7, 11) is 0. The van der Waals surface area contributed by atoms with Crippen molar-refractivity contribution < 1.29 is 0 Å². The number of pyridine rings is 1. The predicted octanol–water partition coefficient (Wildman–Crippen LogP) is 5.06. The van der Waals surface area contributed by atoms with E-state index in [0.717, 1.165) is 5.69 Å². The van der Waals surface area contributed by atoms with Crippen LogP contribution in [0.4, 0.5) is 5.69 Å². The minimum absolute atomic E-state index is 0.194. The highest BCUT2D eigenvalue weighted by molar-refractivity contribution is 6.29. The summed E-state index contributed by atoms with van der Waals surface area (Å²) in [6, 6.07) is 18.8. The van der Waals surface area contributed by atoms with E-state index in [2.05, 4.69) is 59.7 Å². The van der Waals surface area contributed by atoms with E-state index in [0.29, 0.717) is 5.15 Å². The van der Waals surface area contributed by atoms with Gasteiger partial charge in [-0.2, -0.15) is 0 Å². The average Bonchev–Trinajstić information content (AvgIpc) is 2.46. The molecule has 3 rings (SSSR count). The molecule has 1 heterocycles. The van der Waals surface area contributed by atoms with E-state index < -0.39 is 0 Å². The molecular formula is C17H15ClN2. The van der Waals surface area contributed by atoms with Crippen molar-refractivity contribution in [3.8, 4) is 0 Å². The number of hydrogen-bond acceptors (Lipinski definition) is 2. The normalized spacial score (nSPS) is 12.3. The first-order valence-corrected chi connectivity index (χ1v) is 6.97.